The number of hydrogen-bond acceptors (Lipinski definition) is 4. The number of hydrogen-bond donors (Lipinski definition) is 2. The van der Waals surface area contributed by atoms with Gasteiger partial charge in [-0.15, -0.1) is 0 Å². The molecule has 1 aromatic rings. The van der Waals surface area contributed by atoms with Gasteiger partial charge < -0.3 is 4.98 Å². The third-order valence-corrected chi connectivity index (χ3v) is 4.44. The lowest BCUT2D eigenvalue weighted by molar-refractivity contribution is 0.556. The average Bonchev–Trinajstić information content (AvgIpc) is 2.26. The van der Waals surface area contributed by atoms with Gasteiger partial charge in [0.15, 0.2) is 0 Å². The third-order valence-electron chi connectivity index (χ3n) is 2.19. The van der Waals surface area contributed by atoms with E-state index in [-0.39, 0.29) is 10.9 Å². The first-order chi connectivity index (χ1) is 7.97. The smallest absolute Gasteiger partial charge is 0.246 e. The number of thioether (sulfide) groups is 1. The molecule has 0 aromatic carbocycles. The van der Waals surface area contributed by atoms with Crippen molar-refractivity contribution >= 4 is 21.8 Å². The average molecular weight is 276 g/mol. The van der Waals surface area contributed by atoms with Crippen LogP contribution in [-0.2, 0) is 10.0 Å². The first kappa shape index (κ1) is 14.3. The summed E-state index contributed by atoms with van der Waals surface area (Å²) in [4.78, 5) is 13.8. The van der Waals surface area contributed by atoms with Gasteiger partial charge in [0.05, 0.1) is 0 Å². The minimum Gasteiger partial charge on any atom is -0.366 e. The molecule has 5 nitrogen and oxygen atoms in total. The zero-order chi connectivity index (χ0) is 12.9. The van der Waals surface area contributed by atoms with Crippen molar-refractivity contribution in [2.24, 2.45) is 0 Å². The van der Waals surface area contributed by atoms with Crippen molar-refractivity contribution in [1.82, 2.24) is 9.71 Å². The van der Waals surface area contributed by atoms with Gasteiger partial charge in [0.25, 0.3) is 0 Å². The number of nitrogens with one attached hydrogen (secondary N) is 2. The van der Waals surface area contributed by atoms with Crippen LogP contribution in [0, 0.1) is 0 Å². The van der Waals surface area contributed by atoms with Crippen LogP contribution in [0.15, 0.2) is 28.2 Å². The highest BCUT2D eigenvalue weighted by molar-refractivity contribution is 7.98. The molecule has 1 heterocycles. The fourth-order valence-corrected chi connectivity index (χ4v) is 3.21. The fourth-order valence-electron chi connectivity index (χ4n) is 1.29. The van der Waals surface area contributed by atoms with Gasteiger partial charge in [0.1, 0.15) is 4.90 Å². The monoisotopic (exact) mass is 276 g/mol. The summed E-state index contributed by atoms with van der Waals surface area (Å²) in [5, 5.41) is 0. The summed E-state index contributed by atoms with van der Waals surface area (Å²) in [6, 6.07) is 1.01. The molecule has 0 aliphatic carbocycles. The summed E-state index contributed by atoms with van der Waals surface area (Å²) in [6.07, 6.45) is 5.29. The second-order valence-corrected chi connectivity index (χ2v) is 6.34. The summed E-state index contributed by atoms with van der Waals surface area (Å²) in [5.74, 6) is 0.870. The SMILES string of the molecule is CSCCC(C)NS(=O)(=O)c1c[nH]ccc1=O. The maximum absolute atomic E-state index is 11.9. The van der Waals surface area contributed by atoms with E-state index >= 15 is 0 Å². The number of sulfonamides is 1. The molecule has 1 aromatic heterocycles. The molecule has 0 fully saturated rings. The minimum absolute atomic E-state index is 0.188. The van der Waals surface area contributed by atoms with Gasteiger partial charge in [0.2, 0.25) is 15.5 Å². The van der Waals surface area contributed by atoms with E-state index < -0.39 is 15.5 Å². The molecule has 0 spiro atoms. The Morgan fingerprint density at radius 3 is 2.82 bits per heavy atom. The van der Waals surface area contributed by atoms with Gasteiger partial charge in [-0.3, -0.25) is 4.79 Å². The molecule has 1 atom stereocenters. The van der Waals surface area contributed by atoms with Gasteiger partial charge in [-0.05, 0) is 25.4 Å². The molecule has 7 heteroatoms. The minimum atomic E-state index is -3.72. The molecule has 0 amide bonds. The quantitative estimate of drug-likeness (QED) is 0.805. The molecule has 17 heavy (non-hydrogen) atoms. The molecule has 0 bridgehead atoms. The zero-order valence-corrected chi connectivity index (χ0v) is 11.4. The van der Waals surface area contributed by atoms with E-state index in [9.17, 15) is 13.2 Å². The van der Waals surface area contributed by atoms with Crippen LogP contribution in [0.5, 0.6) is 0 Å². The van der Waals surface area contributed by atoms with Crippen molar-refractivity contribution in [2.45, 2.75) is 24.3 Å². The van der Waals surface area contributed by atoms with E-state index in [0.29, 0.717) is 0 Å². The zero-order valence-electron chi connectivity index (χ0n) is 9.76. The van der Waals surface area contributed by atoms with Crippen LogP contribution < -0.4 is 10.2 Å². The highest BCUT2D eigenvalue weighted by atomic mass is 32.2. The van der Waals surface area contributed by atoms with Gasteiger partial charge in [0, 0.05) is 24.5 Å². The molecular formula is C10H16N2O3S2. The Morgan fingerprint density at radius 2 is 2.24 bits per heavy atom. The second-order valence-electron chi connectivity index (χ2n) is 3.68. The van der Waals surface area contributed by atoms with Crippen LogP contribution in [0.4, 0.5) is 0 Å². The predicted molar refractivity (Wildman–Crippen MR) is 69.8 cm³/mol. The molecule has 2 N–H and O–H groups in total. The van der Waals surface area contributed by atoms with Crippen molar-refractivity contribution in [3.8, 4) is 0 Å². The third kappa shape index (κ3) is 4.18. The lowest BCUT2D eigenvalue weighted by Gasteiger charge is -2.12. The summed E-state index contributed by atoms with van der Waals surface area (Å²) < 4.78 is 26.3. The highest BCUT2D eigenvalue weighted by Crippen LogP contribution is 2.05. The van der Waals surface area contributed by atoms with Crippen LogP contribution in [0.3, 0.4) is 0 Å². The molecule has 0 aliphatic heterocycles. The van der Waals surface area contributed by atoms with Crippen molar-refractivity contribution < 1.29 is 8.42 Å². The van der Waals surface area contributed by atoms with Gasteiger partial charge in [-0.2, -0.15) is 11.8 Å². The Morgan fingerprint density at radius 1 is 1.53 bits per heavy atom. The van der Waals surface area contributed by atoms with E-state index in [1.807, 2.05) is 6.26 Å². The Hall–Kier alpha value is -0.790. The summed E-state index contributed by atoms with van der Waals surface area (Å²) in [7, 11) is -3.72. The largest absolute Gasteiger partial charge is 0.366 e. The van der Waals surface area contributed by atoms with Gasteiger partial charge in [-0.25, -0.2) is 13.1 Å². The molecular weight excluding hydrogens is 260 g/mol. The molecule has 0 saturated carbocycles. The Balaban J connectivity index is 2.83. The first-order valence-electron chi connectivity index (χ1n) is 5.15. The van der Waals surface area contributed by atoms with Crippen molar-refractivity contribution in [1.29, 1.82) is 0 Å². The predicted octanol–water partition coefficient (Wildman–Crippen LogP) is 0.795. The van der Waals surface area contributed by atoms with Crippen LogP contribution >= 0.6 is 11.8 Å². The van der Waals surface area contributed by atoms with Crippen molar-refractivity contribution in [3.63, 3.8) is 0 Å². The van der Waals surface area contributed by atoms with Gasteiger partial charge in [-0.1, -0.05) is 0 Å². The van der Waals surface area contributed by atoms with E-state index in [1.165, 1.54) is 18.5 Å². The normalized spacial score (nSPS) is 13.5. The Kier molecular flexibility index (Phi) is 5.23. The van der Waals surface area contributed by atoms with Crippen LogP contribution in [0.2, 0.25) is 0 Å². The number of aromatic nitrogens is 1. The lowest BCUT2D eigenvalue weighted by atomic mass is 10.3. The summed E-state index contributed by atoms with van der Waals surface area (Å²) >= 11 is 1.65. The number of rotatable bonds is 6. The standard InChI is InChI=1S/C10H16N2O3S2/c1-8(4-6-16-2)12-17(14,15)10-7-11-5-3-9(10)13/h3,5,7-8,12H,4,6H2,1-2H3,(H,11,13). The molecule has 1 rings (SSSR count). The fraction of sp³-hybridized carbons (Fsp3) is 0.500. The van der Waals surface area contributed by atoms with Crippen molar-refractivity contribution in [3.05, 3.63) is 28.7 Å². The first-order valence-corrected chi connectivity index (χ1v) is 8.03. The lowest BCUT2D eigenvalue weighted by Crippen LogP contribution is -2.35. The molecule has 1 unspecified atom stereocenters. The van der Waals surface area contributed by atoms with Crippen LogP contribution in [0.1, 0.15) is 13.3 Å². The maximum atomic E-state index is 11.9. The van der Waals surface area contributed by atoms with E-state index in [4.69, 9.17) is 0 Å². The van der Waals surface area contributed by atoms with E-state index in [1.54, 1.807) is 18.7 Å². The van der Waals surface area contributed by atoms with Crippen LogP contribution in [0.25, 0.3) is 0 Å². The molecule has 0 saturated heterocycles. The van der Waals surface area contributed by atoms with E-state index in [0.717, 1.165) is 12.2 Å². The summed E-state index contributed by atoms with van der Waals surface area (Å²) in [5.41, 5.74) is -0.506. The van der Waals surface area contributed by atoms with Crippen molar-refractivity contribution in [2.75, 3.05) is 12.0 Å². The molecule has 0 aliphatic rings. The number of aromatic amines is 1. The summed E-state index contributed by atoms with van der Waals surface area (Å²) in [6.45, 7) is 1.78. The Bertz CT molecular complexity index is 510. The Labute approximate surface area is 105 Å². The number of pyridine rings is 1. The number of H-pyrrole nitrogens is 1. The topological polar surface area (TPSA) is 79.0 Å². The molecule has 0 radical (unpaired) electrons. The maximum Gasteiger partial charge on any atom is 0.246 e. The second kappa shape index (κ2) is 6.23. The molecule has 96 valence electrons. The highest BCUT2D eigenvalue weighted by Gasteiger charge is 2.19. The van der Waals surface area contributed by atoms with Gasteiger partial charge >= 0.3 is 0 Å². The van der Waals surface area contributed by atoms with Crippen LogP contribution in [-0.4, -0.2) is 31.5 Å². The van der Waals surface area contributed by atoms with E-state index in [2.05, 4.69) is 9.71 Å².